The van der Waals surface area contributed by atoms with Crippen LogP contribution in [0.25, 0.3) is 0 Å². The maximum Gasteiger partial charge on any atom is 0.224 e. The smallest absolute Gasteiger partial charge is 0.224 e. The molecule has 7 heteroatoms. The molecular weight excluding hydrogens is 202 g/mol. The summed E-state index contributed by atoms with van der Waals surface area (Å²) in [5, 5.41) is 2.04. The van der Waals surface area contributed by atoms with Crippen LogP contribution in [0.4, 0.5) is 0 Å². The van der Waals surface area contributed by atoms with Crippen LogP contribution in [0.3, 0.4) is 0 Å². The number of hydrogen-bond acceptors (Lipinski definition) is 5. The highest BCUT2D eigenvalue weighted by Gasteiger charge is 1.82. The number of aryl methyl sites for hydroxylation is 1. The van der Waals surface area contributed by atoms with Crippen LogP contribution in [0.2, 0.25) is 0 Å². The number of nitrogens with zero attached hydrogens (tertiary/aromatic N) is 1. The zero-order valence-corrected chi connectivity index (χ0v) is 8.26. The van der Waals surface area contributed by atoms with Crippen molar-refractivity contribution in [3.8, 4) is 0 Å². The van der Waals surface area contributed by atoms with Gasteiger partial charge in [-0.15, -0.1) is 0 Å². The Kier molecular flexibility index (Phi) is 4.98. The van der Waals surface area contributed by atoms with E-state index in [1.807, 2.05) is 28.7 Å². The van der Waals surface area contributed by atoms with Gasteiger partial charge in [-0.3, -0.25) is 4.18 Å². The molecule has 0 radical (unpaired) electrons. The van der Waals surface area contributed by atoms with Gasteiger partial charge in [0.1, 0.15) is 7.05 Å². The summed E-state index contributed by atoms with van der Waals surface area (Å²) >= 11 is 1.70. The van der Waals surface area contributed by atoms with Crippen molar-refractivity contribution in [3.05, 3.63) is 17.1 Å². The van der Waals surface area contributed by atoms with Gasteiger partial charge in [-0.1, -0.05) is 11.3 Å². The van der Waals surface area contributed by atoms with E-state index >= 15 is 0 Å². The summed E-state index contributed by atoms with van der Waals surface area (Å²) in [5.74, 6) is 0. The zero-order valence-electron chi connectivity index (χ0n) is 6.63. The van der Waals surface area contributed by atoms with Gasteiger partial charge in [0.05, 0.1) is 12.5 Å². The fourth-order valence-corrected chi connectivity index (χ4v) is 0.892. The summed E-state index contributed by atoms with van der Waals surface area (Å²) in [6, 6.07) is 0. The van der Waals surface area contributed by atoms with Gasteiger partial charge in [0, 0.05) is 0 Å². The second-order valence-corrected chi connectivity index (χ2v) is 3.67. The fourth-order valence-electron chi connectivity index (χ4n) is 0.297. The zero-order chi connectivity index (χ0) is 9.61. The molecule has 0 saturated heterocycles. The van der Waals surface area contributed by atoms with Gasteiger partial charge in [-0.05, 0) is 0 Å². The third-order valence-corrected chi connectivity index (χ3v) is 1.95. The first kappa shape index (κ1) is 11.5. The standard InChI is InChI=1S/C4H6NS.CH4O4S/c1-5-2-3-6-4-5;1-5-6(2,3)4/h2-4H,1H3;1H3,(H,2,3,4)/q+1;/p-1. The van der Waals surface area contributed by atoms with Crippen molar-refractivity contribution in [3.63, 3.8) is 0 Å². The number of aromatic nitrogens is 1. The molecule has 1 aromatic rings. The van der Waals surface area contributed by atoms with Crippen LogP contribution >= 0.6 is 11.3 Å². The molecule has 0 aliphatic heterocycles. The molecule has 0 fully saturated rings. The van der Waals surface area contributed by atoms with Crippen molar-refractivity contribution in [2.75, 3.05) is 7.11 Å². The summed E-state index contributed by atoms with van der Waals surface area (Å²) < 4.78 is 33.0. The lowest BCUT2D eigenvalue weighted by atomic mass is 10.9. The van der Waals surface area contributed by atoms with Crippen LogP contribution in [0.15, 0.2) is 17.1 Å². The Morgan fingerprint density at radius 3 is 2.17 bits per heavy atom. The van der Waals surface area contributed by atoms with Gasteiger partial charge in [-0.2, -0.15) is 4.57 Å². The van der Waals surface area contributed by atoms with Crippen molar-refractivity contribution >= 4 is 21.7 Å². The maximum absolute atomic E-state index is 9.22. The van der Waals surface area contributed by atoms with Crippen molar-refractivity contribution < 1.29 is 21.7 Å². The molecule has 1 heterocycles. The molecule has 5 nitrogen and oxygen atoms in total. The van der Waals surface area contributed by atoms with Gasteiger partial charge in [-0.25, -0.2) is 8.42 Å². The van der Waals surface area contributed by atoms with E-state index in [1.165, 1.54) is 0 Å². The van der Waals surface area contributed by atoms with E-state index in [0.717, 1.165) is 7.11 Å². The van der Waals surface area contributed by atoms with E-state index in [4.69, 9.17) is 0 Å². The first-order valence-electron chi connectivity index (χ1n) is 2.84. The van der Waals surface area contributed by atoms with Crippen LogP contribution in [-0.2, 0) is 21.6 Å². The number of thiazole rings is 1. The summed E-state index contributed by atoms with van der Waals surface area (Å²) in [7, 11) is -1.59. The van der Waals surface area contributed by atoms with Crippen molar-refractivity contribution in [2.45, 2.75) is 0 Å². The second-order valence-electron chi connectivity index (χ2n) is 1.77. The van der Waals surface area contributed by atoms with E-state index in [1.54, 1.807) is 11.3 Å². The van der Waals surface area contributed by atoms with Crippen molar-refractivity contribution in [1.82, 2.24) is 0 Å². The van der Waals surface area contributed by atoms with Crippen LogP contribution in [0, 0.1) is 0 Å². The average Bonchev–Trinajstić information content (AvgIpc) is 2.39. The Morgan fingerprint density at radius 1 is 1.58 bits per heavy atom. The Hall–Kier alpha value is -0.500. The predicted molar refractivity (Wildman–Crippen MR) is 42.2 cm³/mol. The summed E-state index contributed by atoms with van der Waals surface area (Å²) in [4.78, 5) is 0. The molecule has 0 spiro atoms. The Bertz CT molecular complexity index is 291. The van der Waals surface area contributed by atoms with Crippen LogP contribution in [-0.4, -0.2) is 20.1 Å². The third kappa shape index (κ3) is 7.61. The lowest BCUT2D eigenvalue weighted by Crippen LogP contribution is -2.21. The van der Waals surface area contributed by atoms with Gasteiger partial charge in [0.2, 0.25) is 15.9 Å². The Morgan fingerprint density at radius 2 is 2.08 bits per heavy atom. The van der Waals surface area contributed by atoms with Crippen molar-refractivity contribution in [2.24, 2.45) is 7.05 Å². The largest absolute Gasteiger partial charge is 0.726 e. The van der Waals surface area contributed by atoms with Crippen molar-refractivity contribution in [1.29, 1.82) is 0 Å². The molecule has 12 heavy (non-hydrogen) atoms. The first-order valence-corrected chi connectivity index (χ1v) is 5.12. The van der Waals surface area contributed by atoms with Gasteiger partial charge >= 0.3 is 0 Å². The lowest BCUT2D eigenvalue weighted by molar-refractivity contribution is -0.666. The van der Waals surface area contributed by atoms with Gasteiger partial charge < -0.3 is 4.55 Å². The minimum atomic E-state index is -4.41. The van der Waals surface area contributed by atoms with E-state index in [2.05, 4.69) is 4.18 Å². The lowest BCUT2D eigenvalue weighted by Gasteiger charge is -1.98. The SMILES string of the molecule is COS(=O)(=O)[O-].C[n+]1ccsc1. The Labute approximate surface area is 75.2 Å². The van der Waals surface area contributed by atoms with E-state index in [-0.39, 0.29) is 0 Å². The molecular formula is C5H9NO4S2. The molecule has 0 N–H and O–H groups in total. The monoisotopic (exact) mass is 211 g/mol. The fraction of sp³-hybridized carbons (Fsp3) is 0.400. The minimum absolute atomic E-state index is 0.808. The molecule has 0 atom stereocenters. The molecule has 0 bridgehead atoms. The molecule has 0 aliphatic rings. The number of rotatable bonds is 1. The highest BCUT2D eigenvalue weighted by molar-refractivity contribution is 7.80. The summed E-state index contributed by atoms with van der Waals surface area (Å²) in [6.45, 7) is 0. The predicted octanol–water partition coefficient (Wildman–Crippen LogP) is -0.334. The quantitative estimate of drug-likeness (QED) is 0.362. The normalized spacial score (nSPS) is 10.2. The summed E-state index contributed by atoms with van der Waals surface area (Å²) in [6.07, 6.45) is 2.02. The van der Waals surface area contributed by atoms with Crippen LogP contribution in [0.5, 0.6) is 0 Å². The number of hydrogen-bond donors (Lipinski definition) is 0. The highest BCUT2D eigenvalue weighted by Crippen LogP contribution is 1.83. The third-order valence-electron chi connectivity index (χ3n) is 0.806. The van der Waals surface area contributed by atoms with Crippen LogP contribution < -0.4 is 4.57 Å². The molecule has 70 valence electrons. The minimum Gasteiger partial charge on any atom is -0.726 e. The molecule has 0 aromatic carbocycles. The first-order chi connectivity index (χ1) is 5.45. The van der Waals surface area contributed by atoms with Gasteiger partial charge in [0.25, 0.3) is 0 Å². The summed E-state index contributed by atoms with van der Waals surface area (Å²) in [5.41, 5.74) is 2.04. The maximum atomic E-state index is 9.22. The second kappa shape index (κ2) is 5.20. The van der Waals surface area contributed by atoms with E-state index < -0.39 is 10.4 Å². The van der Waals surface area contributed by atoms with Gasteiger partial charge in [0.15, 0.2) is 6.20 Å². The van der Waals surface area contributed by atoms with E-state index in [9.17, 15) is 13.0 Å². The van der Waals surface area contributed by atoms with Crippen LogP contribution in [0.1, 0.15) is 0 Å². The average molecular weight is 211 g/mol. The highest BCUT2D eigenvalue weighted by atomic mass is 32.3. The topological polar surface area (TPSA) is 70.3 Å². The molecule has 0 unspecified atom stereocenters. The molecule has 0 aliphatic carbocycles. The molecule has 0 saturated carbocycles. The Balaban J connectivity index is 0.000000202. The molecule has 0 amide bonds. The molecule has 1 rings (SSSR count). The molecule has 1 aromatic heterocycles. The van der Waals surface area contributed by atoms with E-state index in [0.29, 0.717) is 0 Å².